The molecule has 3 aromatic rings. The van der Waals surface area contributed by atoms with Gasteiger partial charge >= 0.3 is 0 Å². The van der Waals surface area contributed by atoms with Gasteiger partial charge in [0.2, 0.25) is 5.91 Å². The van der Waals surface area contributed by atoms with Crippen molar-refractivity contribution in [2.45, 2.75) is 46.2 Å². The highest BCUT2D eigenvalue weighted by atomic mass is 35.5. The average Bonchev–Trinajstić information content (AvgIpc) is 2.87. The van der Waals surface area contributed by atoms with Gasteiger partial charge < -0.3 is 15.0 Å². The molecule has 0 saturated carbocycles. The molecule has 3 rings (SSSR count). The largest absolute Gasteiger partial charge is 0.483 e. The van der Waals surface area contributed by atoms with Crippen molar-refractivity contribution in [1.29, 1.82) is 0 Å². The van der Waals surface area contributed by atoms with E-state index in [1.54, 1.807) is 17.0 Å². The highest BCUT2D eigenvalue weighted by Crippen LogP contribution is 2.25. The van der Waals surface area contributed by atoms with Gasteiger partial charge in [-0.15, -0.1) is 0 Å². The molecule has 0 fully saturated rings. The second-order valence-corrected chi connectivity index (χ2v) is 9.64. The Bertz CT molecular complexity index is 1180. The fraction of sp³-hybridized carbons (Fsp3) is 0.310. The van der Waals surface area contributed by atoms with Crippen LogP contribution in [0, 0.1) is 13.8 Å². The third-order valence-corrected chi connectivity index (χ3v) is 6.59. The molecule has 7 heteroatoms. The molecule has 0 aromatic heterocycles. The summed E-state index contributed by atoms with van der Waals surface area (Å²) in [6.45, 7) is 6.41. The molecule has 5 nitrogen and oxygen atoms in total. The Morgan fingerprint density at radius 2 is 1.69 bits per heavy atom. The molecule has 0 spiro atoms. The molecule has 0 aliphatic rings. The van der Waals surface area contributed by atoms with E-state index in [4.69, 9.17) is 27.9 Å². The molecule has 0 radical (unpaired) electrons. The summed E-state index contributed by atoms with van der Waals surface area (Å²) in [5, 5.41) is 3.78. The van der Waals surface area contributed by atoms with E-state index in [9.17, 15) is 9.59 Å². The molecule has 190 valence electrons. The standard InChI is InChI=1S/C29H32Cl2N2O3/c1-4-14-32-29(35)26(17-22-8-6-5-7-9-22)33(18-23-12-13-24(30)25(31)16-23)28(34)19-36-27-15-20(2)10-11-21(27)3/h5-13,15-16,26H,4,14,17-19H2,1-3H3,(H,32,35)/t26-/m0/s1. The molecule has 2 amide bonds. The van der Waals surface area contributed by atoms with Crippen molar-refractivity contribution in [2.24, 2.45) is 0 Å². The van der Waals surface area contributed by atoms with Crippen molar-refractivity contribution in [3.63, 3.8) is 0 Å². The molecular weight excluding hydrogens is 495 g/mol. The van der Waals surface area contributed by atoms with Gasteiger partial charge in [0.15, 0.2) is 6.61 Å². The highest BCUT2D eigenvalue weighted by Gasteiger charge is 2.30. The normalized spacial score (nSPS) is 11.6. The van der Waals surface area contributed by atoms with Crippen molar-refractivity contribution in [3.8, 4) is 5.75 Å². The number of rotatable bonds is 11. The molecule has 0 unspecified atom stereocenters. The zero-order valence-corrected chi connectivity index (χ0v) is 22.4. The summed E-state index contributed by atoms with van der Waals surface area (Å²) in [5.74, 6) is 0.142. The Hall–Kier alpha value is -3.02. The lowest BCUT2D eigenvalue weighted by Crippen LogP contribution is -2.51. The minimum atomic E-state index is -0.733. The molecule has 0 aliphatic carbocycles. The van der Waals surface area contributed by atoms with Gasteiger partial charge in [-0.25, -0.2) is 0 Å². The number of ether oxygens (including phenoxy) is 1. The first-order valence-corrected chi connectivity index (χ1v) is 12.8. The maximum Gasteiger partial charge on any atom is 0.261 e. The number of carbonyl (C=O) groups excluding carboxylic acids is 2. The quantitative estimate of drug-likeness (QED) is 0.325. The molecule has 36 heavy (non-hydrogen) atoms. The molecule has 0 aliphatic heterocycles. The maximum absolute atomic E-state index is 13.6. The minimum Gasteiger partial charge on any atom is -0.483 e. The molecule has 0 bridgehead atoms. The summed E-state index contributed by atoms with van der Waals surface area (Å²) in [4.78, 5) is 28.6. The van der Waals surface area contributed by atoms with Crippen LogP contribution in [0.5, 0.6) is 5.75 Å². The fourth-order valence-corrected chi connectivity index (χ4v) is 4.16. The smallest absolute Gasteiger partial charge is 0.261 e. The van der Waals surface area contributed by atoms with Crippen molar-refractivity contribution < 1.29 is 14.3 Å². The summed E-state index contributed by atoms with van der Waals surface area (Å²) in [7, 11) is 0. The Balaban J connectivity index is 1.93. The van der Waals surface area contributed by atoms with Gasteiger partial charge in [0.25, 0.3) is 5.91 Å². The monoisotopic (exact) mass is 526 g/mol. The third kappa shape index (κ3) is 7.74. The molecule has 0 saturated heterocycles. The Kier molecular flexibility index (Phi) is 10.2. The topological polar surface area (TPSA) is 58.6 Å². The van der Waals surface area contributed by atoms with Crippen LogP contribution in [-0.4, -0.2) is 35.9 Å². The number of carbonyl (C=O) groups is 2. The zero-order valence-electron chi connectivity index (χ0n) is 20.9. The average molecular weight is 527 g/mol. The van der Waals surface area contributed by atoms with E-state index in [2.05, 4.69) is 5.32 Å². The lowest BCUT2D eigenvalue weighted by Gasteiger charge is -2.31. The lowest BCUT2D eigenvalue weighted by atomic mass is 10.0. The van der Waals surface area contributed by atoms with Gasteiger partial charge in [0.05, 0.1) is 10.0 Å². The second kappa shape index (κ2) is 13.3. The summed E-state index contributed by atoms with van der Waals surface area (Å²) >= 11 is 12.4. The van der Waals surface area contributed by atoms with E-state index in [-0.39, 0.29) is 25.0 Å². The van der Waals surface area contributed by atoms with Crippen LogP contribution in [-0.2, 0) is 22.6 Å². The van der Waals surface area contributed by atoms with Crippen LogP contribution in [0.4, 0.5) is 0 Å². The number of aryl methyl sites for hydroxylation is 2. The van der Waals surface area contributed by atoms with E-state index >= 15 is 0 Å². The Morgan fingerprint density at radius 3 is 2.39 bits per heavy atom. The number of benzene rings is 3. The van der Waals surface area contributed by atoms with E-state index < -0.39 is 6.04 Å². The number of hydrogen-bond acceptors (Lipinski definition) is 3. The predicted octanol–water partition coefficient (Wildman–Crippen LogP) is 6.16. The highest BCUT2D eigenvalue weighted by molar-refractivity contribution is 6.42. The van der Waals surface area contributed by atoms with Crippen LogP contribution in [0.15, 0.2) is 66.7 Å². The van der Waals surface area contributed by atoms with Crippen molar-refractivity contribution in [3.05, 3.63) is 99.0 Å². The Labute approximate surface area is 223 Å². The summed E-state index contributed by atoms with van der Waals surface area (Å²) < 4.78 is 5.93. The van der Waals surface area contributed by atoms with Crippen molar-refractivity contribution in [2.75, 3.05) is 13.2 Å². The van der Waals surface area contributed by atoms with Gasteiger partial charge in [-0.3, -0.25) is 9.59 Å². The van der Waals surface area contributed by atoms with E-state index in [0.29, 0.717) is 28.8 Å². The van der Waals surface area contributed by atoms with E-state index in [0.717, 1.165) is 28.7 Å². The minimum absolute atomic E-state index is 0.183. The van der Waals surface area contributed by atoms with Gasteiger partial charge in [-0.1, -0.05) is 78.7 Å². The van der Waals surface area contributed by atoms with Crippen LogP contribution in [0.1, 0.15) is 35.6 Å². The van der Waals surface area contributed by atoms with Gasteiger partial charge in [-0.2, -0.15) is 0 Å². The first-order valence-electron chi connectivity index (χ1n) is 12.0. The maximum atomic E-state index is 13.6. The molecule has 3 aromatic carbocycles. The number of hydrogen-bond donors (Lipinski definition) is 1. The molecular formula is C29H32Cl2N2O3. The third-order valence-electron chi connectivity index (χ3n) is 5.85. The first-order chi connectivity index (χ1) is 17.3. The van der Waals surface area contributed by atoms with Gasteiger partial charge in [0.1, 0.15) is 11.8 Å². The Morgan fingerprint density at radius 1 is 0.944 bits per heavy atom. The summed E-state index contributed by atoms with van der Waals surface area (Å²) in [6.07, 6.45) is 1.16. The zero-order chi connectivity index (χ0) is 26.1. The number of halogens is 2. The summed E-state index contributed by atoms with van der Waals surface area (Å²) in [6, 6.07) is 20.0. The van der Waals surface area contributed by atoms with Gasteiger partial charge in [-0.05, 0) is 60.7 Å². The number of nitrogens with zero attached hydrogens (tertiary/aromatic N) is 1. The molecule has 0 heterocycles. The van der Waals surface area contributed by atoms with Gasteiger partial charge in [0, 0.05) is 19.5 Å². The lowest BCUT2D eigenvalue weighted by molar-refractivity contribution is -0.142. The van der Waals surface area contributed by atoms with Crippen LogP contribution in [0.2, 0.25) is 10.0 Å². The SMILES string of the molecule is CCCNC(=O)[C@H](Cc1ccccc1)N(Cc1ccc(Cl)c(Cl)c1)C(=O)COc1cc(C)ccc1C. The number of amides is 2. The predicted molar refractivity (Wildman–Crippen MR) is 146 cm³/mol. The van der Waals surface area contributed by atoms with E-state index in [1.807, 2.05) is 75.4 Å². The van der Waals surface area contributed by atoms with Crippen LogP contribution in [0.25, 0.3) is 0 Å². The van der Waals surface area contributed by atoms with Crippen molar-refractivity contribution in [1.82, 2.24) is 10.2 Å². The fourth-order valence-electron chi connectivity index (χ4n) is 3.84. The van der Waals surface area contributed by atoms with Crippen LogP contribution >= 0.6 is 23.2 Å². The second-order valence-electron chi connectivity index (χ2n) is 8.82. The van der Waals surface area contributed by atoms with E-state index in [1.165, 1.54) is 0 Å². The molecule has 1 N–H and O–H groups in total. The van der Waals surface area contributed by atoms with Crippen molar-refractivity contribution >= 4 is 35.0 Å². The summed E-state index contributed by atoms with van der Waals surface area (Å²) in [5.41, 5.74) is 3.70. The molecule has 1 atom stereocenters. The first kappa shape index (κ1) is 27.6. The van der Waals surface area contributed by atoms with Crippen LogP contribution < -0.4 is 10.1 Å². The van der Waals surface area contributed by atoms with Crippen LogP contribution in [0.3, 0.4) is 0 Å². The number of nitrogens with one attached hydrogen (secondary N) is 1.